The van der Waals surface area contributed by atoms with Gasteiger partial charge in [0.2, 0.25) is 5.95 Å². The van der Waals surface area contributed by atoms with Gasteiger partial charge in [-0.2, -0.15) is 0 Å². The topological polar surface area (TPSA) is 93.5 Å². The molecule has 0 bridgehead atoms. The average molecular weight is 316 g/mol. The number of aromatic amines is 1. The Balaban J connectivity index is 1.81. The number of H-pyrrole nitrogens is 1. The summed E-state index contributed by atoms with van der Waals surface area (Å²) in [6.07, 6.45) is 0.710. The van der Waals surface area contributed by atoms with Crippen LogP contribution in [-0.4, -0.2) is 35.6 Å². The first-order chi connectivity index (χ1) is 11.1. The third-order valence-electron chi connectivity index (χ3n) is 4.05. The number of fused-ring (bicyclic) bond motifs is 1. The molecular weight excluding hydrogens is 296 g/mol. The van der Waals surface area contributed by atoms with E-state index in [9.17, 15) is 4.79 Å². The van der Waals surface area contributed by atoms with Crippen LogP contribution in [0.25, 0.3) is 0 Å². The largest absolute Gasteiger partial charge is 0.497 e. The highest BCUT2D eigenvalue weighted by atomic mass is 16.5. The van der Waals surface area contributed by atoms with E-state index in [4.69, 9.17) is 15.2 Å². The number of anilines is 1. The van der Waals surface area contributed by atoms with Gasteiger partial charge in [0.15, 0.2) is 0 Å². The first-order valence-electron chi connectivity index (χ1n) is 7.41. The third kappa shape index (κ3) is 3.14. The fraction of sp³-hybridized carbons (Fsp3) is 0.375. The second-order valence-electron chi connectivity index (χ2n) is 5.51. The number of nitrogens with two attached hydrogens (primary N) is 1. The maximum absolute atomic E-state index is 12.0. The summed E-state index contributed by atoms with van der Waals surface area (Å²) < 4.78 is 10.7. The summed E-state index contributed by atoms with van der Waals surface area (Å²) >= 11 is 0. The Kier molecular flexibility index (Phi) is 4.20. The summed E-state index contributed by atoms with van der Waals surface area (Å²) in [6.45, 7) is 2.06. The molecule has 1 aromatic heterocycles. The van der Waals surface area contributed by atoms with Gasteiger partial charge in [-0.15, -0.1) is 0 Å². The average Bonchev–Trinajstić information content (AvgIpc) is 2.55. The zero-order chi connectivity index (χ0) is 16.4. The Labute approximate surface area is 134 Å². The molecule has 2 aromatic rings. The molecule has 0 saturated heterocycles. The molecule has 122 valence electrons. The molecule has 0 amide bonds. The lowest BCUT2D eigenvalue weighted by Gasteiger charge is -2.28. The smallest absolute Gasteiger partial charge is 0.257 e. The van der Waals surface area contributed by atoms with Crippen LogP contribution in [0.5, 0.6) is 11.5 Å². The molecule has 3 N–H and O–H groups in total. The number of rotatable bonds is 4. The molecule has 3 rings (SSSR count). The molecule has 1 aliphatic heterocycles. The number of methoxy groups -OCH3 is 2. The summed E-state index contributed by atoms with van der Waals surface area (Å²) in [5, 5.41) is 0. The van der Waals surface area contributed by atoms with Crippen molar-refractivity contribution in [3.8, 4) is 11.5 Å². The van der Waals surface area contributed by atoms with E-state index in [1.54, 1.807) is 14.2 Å². The second kappa shape index (κ2) is 6.29. The highest BCUT2D eigenvalue weighted by Gasteiger charge is 2.21. The number of nitrogens with one attached hydrogen (secondary N) is 1. The maximum Gasteiger partial charge on any atom is 0.257 e. The van der Waals surface area contributed by atoms with Crippen LogP contribution in [0.3, 0.4) is 0 Å². The molecule has 7 heteroatoms. The van der Waals surface area contributed by atoms with Crippen LogP contribution in [0.2, 0.25) is 0 Å². The lowest BCUT2D eigenvalue weighted by atomic mass is 10.1. The van der Waals surface area contributed by atoms with Gasteiger partial charge in [0.1, 0.15) is 11.5 Å². The molecule has 0 atom stereocenters. The summed E-state index contributed by atoms with van der Waals surface area (Å²) in [5.41, 5.74) is 7.98. The van der Waals surface area contributed by atoms with E-state index in [-0.39, 0.29) is 11.5 Å². The minimum atomic E-state index is -0.154. The summed E-state index contributed by atoms with van der Waals surface area (Å²) in [4.78, 5) is 21.0. The molecule has 1 aromatic carbocycles. The van der Waals surface area contributed by atoms with E-state index in [0.29, 0.717) is 25.1 Å². The summed E-state index contributed by atoms with van der Waals surface area (Å²) in [7, 11) is 3.27. The Morgan fingerprint density at radius 3 is 2.91 bits per heavy atom. The summed E-state index contributed by atoms with van der Waals surface area (Å²) in [6, 6.07) is 5.76. The van der Waals surface area contributed by atoms with Crippen molar-refractivity contribution in [1.29, 1.82) is 0 Å². The maximum atomic E-state index is 12.0. The van der Waals surface area contributed by atoms with E-state index >= 15 is 0 Å². The van der Waals surface area contributed by atoms with Crippen molar-refractivity contribution in [2.24, 2.45) is 0 Å². The van der Waals surface area contributed by atoms with Crippen LogP contribution in [0.1, 0.15) is 16.8 Å². The van der Waals surface area contributed by atoms with Gasteiger partial charge in [0, 0.05) is 37.7 Å². The van der Waals surface area contributed by atoms with Gasteiger partial charge in [-0.3, -0.25) is 14.7 Å². The van der Waals surface area contributed by atoms with Crippen molar-refractivity contribution >= 4 is 5.95 Å². The third-order valence-corrected chi connectivity index (χ3v) is 4.05. The van der Waals surface area contributed by atoms with Crippen molar-refractivity contribution in [1.82, 2.24) is 14.9 Å². The molecular formula is C16H20N4O3. The predicted molar refractivity (Wildman–Crippen MR) is 86.6 cm³/mol. The molecule has 7 nitrogen and oxygen atoms in total. The molecule has 0 aliphatic carbocycles. The van der Waals surface area contributed by atoms with E-state index in [1.807, 2.05) is 18.2 Å². The second-order valence-corrected chi connectivity index (χ2v) is 5.51. The molecule has 0 unspecified atom stereocenters. The standard InChI is InChI=1S/C16H20N4O3/c1-22-11-4-3-10(14(7-11)23-2)8-20-6-5-13-12(9-20)15(21)19-16(17)18-13/h3-4,7H,5-6,8-9H2,1-2H3,(H3,17,18,19,21). The molecule has 0 radical (unpaired) electrons. The minimum Gasteiger partial charge on any atom is -0.497 e. The van der Waals surface area contributed by atoms with Gasteiger partial charge in [-0.1, -0.05) is 6.07 Å². The van der Waals surface area contributed by atoms with Crippen LogP contribution in [-0.2, 0) is 19.5 Å². The highest BCUT2D eigenvalue weighted by Crippen LogP contribution is 2.27. The van der Waals surface area contributed by atoms with Crippen molar-refractivity contribution in [2.45, 2.75) is 19.5 Å². The lowest BCUT2D eigenvalue weighted by molar-refractivity contribution is 0.238. The van der Waals surface area contributed by atoms with Gasteiger partial charge in [-0.05, 0) is 6.07 Å². The number of aromatic nitrogens is 2. The van der Waals surface area contributed by atoms with Crippen molar-refractivity contribution < 1.29 is 9.47 Å². The predicted octanol–water partition coefficient (Wildman–Crippen LogP) is 0.928. The van der Waals surface area contributed by atoms with E-state index < -0.39 is 0 Å². The Morgan fingerprint density at radius 2 is 2.17 bits per heavy atom. The van der Waals surface area contributed by atoms with Crippen LogP contribution in [0.15, 0.2) is 23.0 Å². The van der Waals surface area contributed by atoms with Crippen LogP contribution in [0.4, 0.5) is 5.95 Å². The first kappa shape index (κ1) is 15.4. The van der Waals surface area contributed by atoms with Gasteiger partial charge < -0.3 is 15.2 Å². The Hall–Kier alpha value is -2.54. The molecule has 1 aliphatic rings. The number of hydrogen-bond acceptors (Lipinski definition) is 6. The quantitative estimate of drug-likeness (QED) is 0.871. The number of benzene rings is 1. The lowest BCUT2D eigenvalue weighted by Crippen LogP contribution is -2.35. The molecule has 2 heterocycles. The first-order valence-corrected chi connectivity index (χ1v) is 7.41. The molecule has 0 fully saturated rings. The number of nitrogen functional groups attached to an aromatic ring is 1. The van der Waals surface area contributed by atoms with Crippen molar-refractivity contribution in [2.75, 3.05) is 26.5 Å². The van der Waals surface area contributed by atoms with Gasteiger partial charge in [0.05, 0.1) is 25.5 Å². The van der Waals surface area contributed by atoms with E-state index in [0.717, 1.165) is 29.3 Å². The van der Waals surface area contributed by atoms with Crippen molar-refractivity contribution in [3.63, 3.8) is 0 Å². The normalized spacial score (nSPS) is 14.3. The van der Waals surface area contributed by atoms with E-state index in [2.05, 4.69) is 14.9 Å². The molecule has 23 heavy (non-hydrogen) atoms. The van der Waals surface area contributed by atoms with Gasteiger partial charge in [-0.25, -0.2) is 4.98 Å². The zero-order valence-corrected chi connectivity index (χ0v) is 13.3. The van der Waals surface area contributed by atoms with Crippen LogP contribution >= 0.6 is 0 Å². The number of ether oxygens (including phenoxy) is 2. The monoisotopic (exact) mass is 316 g/mol. The Morgan fingerprint density at radius 1 is 1.35 bits per heavy atom. The SMILES string of the molecule is COc1ccc(CN2CCc3nc(N)[nH]c(=O)c3C2)c(OC)c1. The molecule has 0 saturated carbocycles. The van der Waals surface area contributed by atoms with Crippen LogP contribution < -0.4 is 20.8 Å². The number of hydrogen-bond donors (Lipinski definition) is 2. The Bertz CT molecular complexity index is 772. The fourth-order valence-corrected chi connectivity index (χ4v) is 2.86. The number of nitrogens with zero attached hydrogens (tertiary/aromatic N) is 2. The van der Waals surface area contributed by atoms with Gasteiger partial charge in [0.25, 0.3) is 5.56 Å². The summed E-state index contributed by atoms with van der Waals surface area (Å²) in [5.74, 6) is 1.71. The van der Waals surface area contributed by atoms with Gasteiger partial charge >= 0.3 is 0 Å². The molecule has 0 spiro atoms. The van der Waals surface area contributed by atoms with Crippen LogP contribution in [0, 0.1) is 0 Å². The van der Waals surface area contributed by atoms with Crippen molar-refractivity contribution in [3.05, 3.63) is 45.4 Å². The highest BCUT2D eigenvalue weighted by molar-refractivity contribution is 5.41. The minimum absolute atomic E-state index is 0.154. The van der Waals surface area contributed by atoms with E-state index in [1.165, 1.54) is 0 Å². The fourth-order valence-electron chi connectivity index (χ4n) is 2.86. The zero-order valence-electron chi connectivity index (χ0n) is 13.3.